The monoisotopic (exact) mass is 692 g/mol. The summed E-state index contributed by atoms with van der Waals surface area (Å²) >= 11 is 0. The van der Waals surface area contributed by atoms with Crippen molar-refractivity contribution < 1.29 is 13.8 Å². The van der Waals surface area contributed by atoms with Crippen LogP contribution in [0.2, 0.25) is 0 Å². The summed E-state index contributed by atoms with van der Waals surface area (Å²) in [7, 11) is 1.59. The Bertz CT molecular complexity index is 2200. The highest BCUT2D eigenvalue weighted by molar-refractivity contribution is 5.61. The van der Waals surface area contributed by atoms with Crippen LogP contribution in [0.4, 0.5) is 0 Å². The lowest BCUT2D eigenvalue weighted by molar-refractivity contribution is 0.304. The second-order valence-corrected chi connectivity index (χ2v) is 14.7. The Hall–Kier alpha value is -5.40. The molecule has 51 heavy (non-hydrogen) atoms. The summed E-state index contributed by atoms with van der Waals surface area (Å²) in [5.74, 6) is 2.41. The molecule has 6 heterocycles. The van der Waals surface area contributed by atoms with Gasteiger partial charge >= 0.3 is 0 Å². The van der Waals surface area contributed by atoms with Crippen molar-refractivity contribution in [1.82, 2.24) is 49.8 Å². The fraction of sp³-hybridized carbons (Fsp3) is 0.459. The van der Waals surface area contributed by atoms with Gasteiger partial charge in [-0.25, -0.2) is 4.98 Å². The van der Waals surface area contributed by atoms with E-state index in [1.807, 2.05) is 6.07 Å². The van der Waals surface area contributed by atoms with Gasteiger partial charge in [0.2, 0.25) is 23.1 Å². The lowest BCUT2D eigenvalue weighted by Crippen LogP contribution is -2.24. The number of methoxy groups -OCH3 is 1. The number of nitrogens with zero attached hydrogens (tertiary/aromatic N) is 9. The Kier molecular flexibility index (Phi) is 8.94. The molecule has 1 N–H and O–H groups in total. The second kappa shape index (κ2) is 13.4. The molecule has 0 aliphatic heterocycles. The number of ether oxygens (including phenoxy) is 1. The van der Waals surface area contributed by atoms with Gasteiger partial charge in [0, 0.05) is 71.3 Å². The van der Waals surface area contributed by atoms with Gasteiger partial charge in [-0.1, -0.05) is 38.0 Å². The Morgan fingerprint density at radius 2 is 1.31 bits per heavy atom. The molecule has 0 aromatic carbocycles. The summed E-state index contributed by atoms with van der Waals surface area (Å²) in [5.41, 5.74) is 8.55. The molecule has 0 spiro atoms. The van der Waals surface area contributed by atoms with Gasteiger partial charge < -0.3 is 18.8 Å². The van der Waals surface area contributed by atoms with E-state index in [-0.39, 0.29) is 11.0 Å². The van der Waals surface area contributed by atoms with Crippen LogP contribution in [0.15, 0.2) is 50.5 Å². The van der Waals surface area contributed by atoms with E-state index in [4.69, 9.17) is 24.0 Å². The van der Waals surface area contributed by atoms with Gasteiger partial charge in [-0.3, -0.25) is 14.2 Å². The van der Waals surface area contributed by atoms with Gasteiger partial charge in [-0.05, 0) is 75.3 Å². The first-order valence-corrected chi connectivity index (χ1v) is 17.5. The van der Waals surface area contributed by atoms with E-state index in [0.29, 0.717) is 40.3 Å². The number of pyridine rings is 2. The zero-order valence-corrected chi connectivity index (χ0v) is 30.3. The number of nitrogens with one attached hydrogen (secondary N) is 1. The average molecular weight is 693 g/mol. The zero-order chi connectivity index (χ0) is 35.9. The standard InChI is InChI=1S/C19H23N5O2.C18H21N5O2/c1-5-24-14-10-19(2,3)9-8-13(14)16(22-24)18-21-17(23-26-18)12-6-7-15(25-4)20-11-12;1-4-23-13-9-18(2,3)8-7-12(13)15(21-23)17-20-16(22-25-17)11-5-6-14(24)19-10-11/h6-7,11H,5,8-10H2,1-4H3;5-6,10H,4,7-9H2,1-3H3,(H,19,24). The molecule has 0 saturated carbocycles. The topological polar surface area (TPSA) is 168 Å². The lowest BCUT2D eigenvalue weighted by Gasteiger charge is -2.30. The first kappa shape index (κ1) is 34.1. The van der Waals surface area contributed by atoms with Gasteiger partial charge in [0.05, 0.1) is 7.11 Å². The minimum atomic E-state index is -0.161. The molecule has 0 amide bonds. The second-order valence-electron chi connectivity index (χ2n) is 14.7. The van der Waals surface area contributed by atoms with E-state index in [0.717, 1.165) is 68.6 Å². The molecule has 8 rings (SSSR count). The molecule has 0 saturated heterocycles. The summed E-state index contributed by atoms with van der Waals surface area (Å²) in [6, 6.07) is 6.77. The molecule has 14 nitrogen and oxygen atoms in total. The molecule has 0 bridgehead atoms. The van der Waals surface area contributed by atoms with Gasteiger partial charge in [-0.15, -0.1) is 0 Å². The molecule has 0 radical (unpaired) electrons. The maximum atomic E-state index is 11.2. The first-order chi connectivity index (χ1) is 24.5. The fourth-order valence-corrected chi connectivity index (χ4v) is 6.92. The van der Waals surface area contributed by atoms with Crippen molar-refractivity contribution in [3.05, 3.63) is 69.5 Å². The Morgan fingerprint density at radius 3 is 1.76 bits per heavy atom. The van der Waals surface area contributed by atoms with Gasteiger partial charge in [0.1, 0.15) is 0 Å². The van der Waals surface area contributed by atoms with Crippen LogP contribution in [0.5, 0.6) is 5.88 Å². The highest BCUT2D eigenvalue weighted by Gasteiger charge is 2.34. The van der Waals surface area contributed by atoms with Crippen LogP contribution >= 0.6 is 0 Å². The van der Waals surface area contributed by atoms with Crippen LogP contribution in [0.25, 0.3) is 45.9 Å². The summed E-state index contributed by atoms with van der Waals surface area (Å²) in [5, 5.41) is 17.7. The number of H-pyrrole nitrogens is 1. The minimum absolute atomic E-state index is 0.161. The molecule has 6 aromatic heterocycles. The van der Waals surface area contributed by atoms with Gasteiger partial charge in [0.15, 0.2) is 11.4 Å². The maximum absolute atomic E-state index is 11.2. The molecular weight excluding hydrogens is 648 g/mol. The van der Waals surface area contributed by atoms with E-state index in [2.05, 4.69) is 81.2 Å². The Balaban J connectivity index is 0.000000159. The zero-order valence-electron chi connectivity index (χ0n) is 30.3. The maximum Gasteiger partial charge on any atom is 0.279 e. The number of aromatic amines is 1. The van der Waals surface area contributed by atoms with Crippen molar-refractivity contribution in [2.75, 3.05) is 7.11 Å². The Labute approximate surface area is 295 Å². The molecular formula is C37H44N10O4. The minimum Gasteiger partial charge on any atom is -0.481 e. The average Bonchev–Trinajstić information content (AvgIpc) is 3.93. The number of rotatable bonds is 7. The smallest absolute Gasteiger partial charge is 0.279 e. The lowest BCUT2D eigenvalue weighted by atomic mass is 9.76. The van der Waals surface area contributed by atoms with Crippen molar-refractivity contribution in [3.63, 3.8) is 0 Å². The fourth-order valence-electron chi connectivity index (χ4n) is 6.92. The van der Waals surface area contributed by atoms with Gasteiger partial charge in [-0.2, -0.15) is 20.2 Å². The molecule has 0 atom stereocenters. The third-order valence-electron chi connectivity index (χ3n) is 9.83. The number of hydrogen-bond donors (Lipinski definition) is 1. The van der Waals surface area contributed by atoms with Crippen molar-refractivity contribution in [3.8, 4) is 51.8 Å². The molecule has 266 valence electrons. The molecule has 6 aromatic rings. The van der Waals surface area contributed by atoms with Crippen molar-refractivity contribution >= 4 is 0 Å². The van der Waals surface area contributed by atoms with Crippen molar-refractivity contribution in [2.45, 2.75) is 93.2 Å². The summed E-state index contributed by atoms with van der Waals surface area (Å²) in [6.07, 6.45) is 9.48. The van der Waals surface area contributed by atoms with Crippen LogP contribution in [0, 0.1) is 10.8 Å². The van der Waals surface area contributed by atoms with E-state index >= 15 is 0 Å². The molecule has 2 aliphatic carbocycles. The quantitative estimate of drug-likeness (QED) is 0.198. The van der Waals surface area contributed by atoms with Crippen LogP contribution in [-0.2, 0) is 38.8 Å². The molecule has 0 unspecified atom stereocenters. The number of aryl methyl sites for hydroxylation is 2. The normalized spacial score (nSPS) is 15.8. The van der Waals surface area contributed by atoms with E-state index in [1.165, 1.54) is 28.6 Å². The van der Waals surface area contributed by atoms with Gasteiger partial charge in [0.25, 0.3) is 11.8 Å². The van der Waals surface area contributed by atoms with Crippen LogP contribution in [-0.4, -0.2) is 56.9 Å². The summed E-state index contributed by atoms with van der Waals surface area (Å²) in [4.78, 5) is 27.1. The van der Waals surface area contributed by atoms with Crippen molar-refractivity contribution in [2.24, 2.45) is 10.8 Å². The number of aromatic nitrogens is 10. The first-order valence-electron chi connectivity index (χ1n) is 17.5. The predicted molar refractivity (Wildman–Crippen MR) is 190 cm³/mol. The van der Waals surface area contributed by atoms with Crippen LogP contribution < -0.4 is 10.3 Å². The third-order valence-corrected chi connectivity index (χ3v) is 9.83. The van der Waals surface area contributed by atoms with E-state index < -0.39 is 0 Å². The van der Waals surface area contributed by atoms with E-state index in [1.54, 1.807) is 31.6 Å². The SMILES string of the molecule is CCn1nc(-c2nc(-c3ccc(=O)[nH]c3)no2)c2c1CC(C)(C)CC2.CCn1nc(-c2nc(-c3ccc(OC)nc3)no2)c2c1CC(C)(C)CC2. The van der Waals surface area contributed by atoms with Crippen LogP contribution in [0.3, 0.4) is 0 Å². The van der Waals surface area contributed by atoms with E-state index in [9.17, 15) is 4.79 Å². The Morgan fingerprint density at radius 1 is 0.784 bits per heavy atom. The van der Waals surface area contributed by atoms with Crippen molar-refractivity contribution in [1.29, 1.82) is 0 Å². The predicted octanol–water partition coefficient (Wildman–Crippen LogP) is 6.36. The highest BCUT2D eigenvalue weighted by atomic mass is 16.5. The summed E-state index contributed by atoms with van der Waals surface area (Å²) in [6.45, 7) is 15.1. The molecule has 2 aliphatic rings. The molecule has 0 fully saturated rings. The molecule has 14 heteroatoms. The summed E-state index contributed by atoms with van der Waals surface area (Å²) < 4.78 is 20.2. The van der Waals surface area contributed by atoms with Crippen LogP contribution in [0.1, 0.15) is 76.9 Å². The highest BCUT2D eigenvalue weighted by Crippen LogP contribution is 2.40. The number of fused-ring (bicyclic) bond motifs is 2. The largest absolute Gasteiger partial charge is 0.481 e. The third kappa shape index (κ3) is 6.86. The number of hydrogen-bond acceptors (Lipinski definition) is 11.